The zero-order valence-corrected chi connectivity index (χ0v) is 19.2. The first-order valence-corrected chi connectivity index (χ1v) is 11.4. The van der Waals surface area contributed by atoms with Crippen molar-refractivity contribution in [2.24, 2.45) is 5.92 Å². The van der Waals surface area contributed by atoms with Crippen LogP contribution in [0.3, 0.4) is 0 Å². The van der Waals surface area contributed by atoms with E-state index in [9.17, 15) is 9.59 Å². The number of esters is 1. The normalized spacial score (nSPS) is 14.2. The number of nitrogens with zero attached hydrogens (tertiary/aromatic N) is 3. The molecule has 6 nitrogen and oxygen atoms in total. The third kappa shape index (κ3) is 5.64. The molecule has 2 aromatic carbocycles. The van der Waals surface area contributed by atoms with E-state index in [0.29, 0.717) is 30.5 Å². The number of amides is 1. The fourth-order valence-corrected chi connectivity index (χ4v) is 4.34. The Bertz CT molecular complexity index is 1110. The SMILES string of the molecule is Cc1nc(C)c(C(=O)OCc2ccccc2)c(C(=O)N2CCC(Cc3ccccc3)CC2)n1. The Labute approximate surface area is 194 Å². The molecule has 0 saturated carbocycles. The van der Waals surface area contributed by atoms with Crippen LogP contribution >= 0.6 is 0 Å². The number of likely N-dealkylation sites (tertiary alicyclic amines) is 1. The second-order valence-electron chi connectivity index (χ2n) is 8.57. The van der Waals surface area contributed by atoms with Crippen molar-refractivity contribution in [2.75, 3.05) is 13.1 Å². The molecule has 0 spiro atoms. The molecular weight excluding hydrogens is 414 g/mol. The van der Waals surface area contributed by atoms with Crippen molar-refractivity contribution in [3.63, 3.8) is 0 Å². The molecule has 170 valence electrons. The van der Waals surface area contributed by atoms with Crippen LogP contribution in [-0.2, 0) is 17.8 Å². The van der Waals surface area contributed by atoms with Crippen LogP contribution in [0.25, 0.3) is 0 Å². The third-order valence-corrected chi connectivity index (χ3v) is 6.09. The number of carbonyl (C=O) groups is 2. The van der Waals surface area contributed by atoms with Crippen molar-refractivity contribution in [1.29, 1.82) is 0 Å². The molecule has 3 aromatic rings. The quantitative estimate of drug-likeness (QED) is 0.523. The predicted octanol–water partition coefficient (Wildman–Crippen LogP) is 4.55. The van der Waals surface area contributed by atoms with Gasteiger partial charge in [-0.2, -0.15) is 0 Å². The maximum Gasteiger partial charge on any atom is 0.342 e. The molecule has 0 N–H and O–H groups in total. The highest BCUT2D eigenvalue weighted by molar-refractivity contribution is 6.04. The fraction of sp³-hybridized carbons (Fsp3) is 0.333. The molecule has 0 atom stereocenters. The number of rotatable bonds is 6. The van der Waals surface area contributed by atoms with Gasteiger partial charge < -0.3 is 9.64 Å². The van der Waals surface area contributed by atoms with Gasteiger partial charge in [-0.3, -0.25) is 4.79 Å². The van der Waals surface area contributed by atoms with Crippen LogP contribution in [-0.4, -0.2) is 39.8 Å². The summed E-state index contributed by atoms with van der Waals surface area (Å²) in [6.45, 7) is 4.88. The Kier molecular flexibility index (Phi) is 7.13. The Balaban J connectivity index is 1.45. The average molecular weight is 444 g/mol. The topological polar surface area (TPSA) is 72.4 Å². The molecule has 2 heterocycles. The van der Waals surface area contributed by atoms with Crippen molar-refractivity contribution in [3.8, 4) is 0 Å². The van der Waals surface area contributed by atoms with Crippen LogP contribution in [0.2, 0.25) is 0 Å². The van der Waals surface area contributed by atoms with Gasteiger partial charge in [-0.25, -0.2) is 14.8 Å². The maximum atomic E-state index is 13.4. The van der Waals surface area contributed by atoms with Crippen molar-refractivity contribution in [1.82, 2.24) is 14.9 Å². The molecule has 4 rings (SSSR count). The van der Waals surface area contributed by atoms with Crippen molar-refractivity contribution in [2.45, 2.75) is 39.7 Å². The summed E-state index contributed by atoms with van der Waals surface area (Å²) in [4.78, 5) is 36.8. The van der Waals surface area contributed by atoms with E-state index in [1.807, 2.05) is 36.4 Å². The number of piperidine rings is 1. The van der Waals surface area contributed by atoms with Crippen LogP contribution in [0.15, 0.2) is 60.7 Å². The standard InChI is InChI=1S/C27H29N3O3/c1-19-24(27(32)33-18-23-11-7-4-8-12-23)25(29-20(2)28-19)26(31)30-15-13-22(14-16-30)17-21-9-5-3-6-10-21/h3-12,22H,13-18H2,1-2H3. The number of carbonyl (C=O) groups excluding carboxylic acids is 2. The van der Waals surface area contributed by atoms with Crippen LogP contribution in [0.1, 0.15) is 56.3 Å². The lowest BCUT2D eigenvalue weighted by Crippen LogP contribution is -2.40. The lowest BCUT2D eigenvalue weighted by Gasteiger charge is -2.32. The Morgan fingerprint density at radius 3 is 2.15 bits per heavy atom. The fourth-order valence-electron chi connectivity index (χ4n) is 4.34. The first-order chi connectivity index (χ1) is 16.0. The van der Waals surface area contributed by atoms with Gasteiger partial charge >= 0.3 is 5.97 Å². The van der Waals surface area contributed by atoms with E-state index in [1.165, 1.54) is 5.56 Å². The smallest absolute Gasteiger partial charge is 0.342 e. The van der Waals surface area contributed by atoms with Gasteiger partial charge in [0.15, 0.2) is 0 Å². The van der Waals surface area contributed by atoms with E-state index < -0.39 is 5.97 Å². The van der Waals surface area contributed by atoms with E-state index >= 15 is 0 Å². The molecule has 6 heteroatoms. The highest BCUT2D eigenvalue weighted by Gasteiger charge is 2.30. The highest BCUT2D eigenvalue weighted by Crippen LogP contribution is 2.24. The van der Waals surface area contributed by atoms with Gasteiger partial charge in [0.25, 0.3) is 5.91 Å². The minimum Gasteiger partial charge on any atom is -0.457 e. The van der Waals surface area contributed by atoms with Gasteiger partial charge in [-0.15, -0.1) is 0 Å². The lowest BCUT2D eigenvalue weighted by atomic mass is 9.90. The molecule has 0 radical (unpaired) electrons. The summed E-state index contributed by atoms with van der Waals surface area (Å²) >= 11 is 0. The van der Waals surface area contributed by atoms with E-state index in [0.717, 1.165) is 24.8 Å². The molecule has 0 unspecified atom stereocenters. The summed E-state index contributed by atoms with van der Waals surface area (Å²) in [6.07, 6.45) is 2.88. The van der Waals surface area contributed by atoms with Gasteiger partial charge in [0.05, 0.1) is 5.69 Å². The molecular formula is C27H29N3O3. The number of benzene rings is 2. The van der Waals surface area contributed by atoms with Gasteiger partial charge in [-0.1, -0.05) is 60.7 Å². The second kappa shape index (κ2) is 10.4. The van der Waals surface area contributed by atoms with Crippen LogP contribution in [0, 0.1) is 19.8 Å². The zero-order valence-electron chi connectivity index (χ0n) is 19.2. The highest BCUT2D eigenvalue weighted by atomic mass is 16.5. The van der Waals surface area contributed by atoms with E-state index in [2.05, 4.69) is 34.2 Å². The molecule has 0 bridgehead atoms. The summed E-state index contributed by atoms with van der Waals surface area (Å²) < 4.78 is 5.51. The van der Waals surface area contributed by atoms with E-state index in [1.54, 1.807) is 18.7 Å². The second-order valence-corrected chi connectivity index (χ2v) is 8.57. The zero-order chi connectivity index (χ0) is 23.2. The van der Waals surface area contributed by atoms with Gasteiger partial charge in [0, 0.05) is 13.1 Å². The van der Waals surface area contributed by atoms with Crippen molar-refractivity contribution >= 4 is 11.9 Å². The molecule has 33 heavy (non-hydrogen) atoms. The van der Waals surface area contributed by atoms with Crippen LogP contribution < -0.4 is 0 Å². The third-order valence-electron chi connectivity index (χ3n) is 6.09. The predicted molar refractivity (Wildman–Crippen MR) is 126 cm³/mol. The minimum absolute atomic E-state index is 0.130. The Morgan fingerprint density at radius 2 is 1.52 bits per heavy atom. The number of ether oxygens (including phenoxy) is 1. The summed E-state index contributed by atoms with van der Waals surface area (Å²) in [6, 6.07) is 19.9. The maximum absolute atomic E-state index is 13.4. The van der Waals surface area contributed by atoms with Gasteiger partial charge in [0.2, 0.25) is 0 Å². The molecule has 1 aromatic heterocycles. The summed E-state index contributed by atoms with van der Waals surface area (Å²) in [5.74, 6) is 0.210. The van der Waals surface area contributed by atoms with Crippen LogP contribution in [0.5, 0.6) is 0 Å². The largest absolute Gasteiger partial charge is 0.457 e. The van der Waals surface area contributed by atoms with E-state index in [-0.39, 0.29) is 23.8 Å². The minimum atomic E-state index is -0.571. The number of hydrogen-bond donors (Lipinski definition) is 0. The summed E-state index contributed by atoms with van der Waals surface area (Å²) in [7, 11) is 0. The molecule has 1 amide bonds. The van der Waals surface area contributed by atoms with Gasteiger partial charge in [0.1, 0.15) is 23.7 Å². The number of aromatic nitrogens is 2. The Morgan fingerprint density at radius 1 is 0.909 bits per heavy atom. The van der Waals surface area contributed by atoms with Crippen molar-refractivity contribution in [3.05, 3.63) is 94.6 Å². The average Bonchev–Trinajstić information content (AvgIpc) is 2.83. The summed E-state index contributed by atoms with van der Waals surface area (Å²) in [5.41, 5.74) is 2.97. The molecule has 1 aliphatic rings. The van der Waals surface area contributed by atoms with Crippen molar-refractivity contribution < 1.29 is 14.3 Å². The first kappa shape index (κ1) is 22.6. The monoisotopic (exact) mass is 443 g/mol. The van der Waals surface area contributed by atoms with Crippen LogP contribution in [0.4, 0.5) is 0 Å². The number of aryl methyl sites for hydroxylation is 2. The lowest BCUT2D eigenvalue weighted by molar-refractivity contribution is 0.0461. The first-order valence-electron chi connectivity index (χ1n) is 11.4. The van der Waals surface area contributed by atoms with Gasteiger partial charge in [-0.05, 0) is 50.2 Å². The Hall–Kier alpha value is -3.54. The molecule has 0 aliphatic carbocycles. The molecule has 1 fully saturated rings. The molecule has 1 aliphatic heterocycles. The van der Waals surface area contributed by atoms with E-state index in [4.69, 9.17) is 4.74 Å². The summed E-state index contributed by atoms with van der Waals surface area (Å²) in [5, 5.41) is 0. The molecule has 1 saturated heterocycles. The number of hydrogen-bond acceptors (Lipinski definition) is 5.